The maximum absolute atomic E-state index is 9.54. The van der Waals surface area contributed by atoms with Crippen LogP contribution in [0.3, 0.4) is 0 Å². The molecule has 2 rings (SSSR count). The van der Waals surface area contributed by atoms with Gasteiger partial charge in [0.05, 0.1) is 5.56 Å². The third-order valence-electron chi connectivity index (χ3n) is 2.83. The van der Waals surface area contributed by atoms with Crippen LogP contribution in [-0.2, 0) is 12.8 Å². The quantitative estimate of drug-likeness (QED) is 0.634. The summed E-state index contributed by atoms with van der Waals surface area (Å²) in [6.45, 7) is 0. The van der Waals surface area contributed by atoms with E-state index in [2.05, 4.69) is 0 Å². The molecule has 1 aliphatic rings. The second-order valence-corrected chi connectivity index (χ2v) is 3.81. The van der Waals surface area contributed by atoms with Gasteiger partial charge >= 0.3 is 0 Å². The highest BCUT2D eigenvalue weighted by Gasteiger charge is 2.11. The standard InChI is InChI=1S/C12H13NO/c13-8-11-6-9-4-2-1-3-5-10(9)7-12(11)14/h6-7,14H,1-5H2. The van der Waals surface area contributed by atoms with E-state index in [0.717, 1.165) is 12.8 Å². The van der Waals surface area contributed by atoms with E-state index in [1.807, 2.05) is 12.1 Å². The number of aromatic hydroxyl groups is 1. The van der Waals surface area contributed by atoms with Gasteiger partial charge in [-0.3, -0.25) is 0 Å². The fourth-order valence-corrected chi connectivity index (χ4v) is 2.04. The van der Waals surface area contributed by atoms with Gasteiger partial charge < -0.3 is 5.11 Å². The number of fused-ring (bicyclic) bond motifs is 1. The smallest absolute Gasteiger partial charge is 0.133 e. The van der Waals surface area contributed by atoms with Gasteiger partial charge in [-0.1, -0.05) is 6.42 Å². The lowest BCUT2D eigenvalue weighted by Crippen LogP contribution is -1.92. The molecule has 0 aromatic heterocycles. The summed E-state index contributed by atoms with van der Waals surface area (Å²) in [4.78, 5) is 0. The molecule has 0 atom stereocenters. The maximum atomic E-state index is 9.54. The van der Waals surface area contributed by atoms with Gasteiger partial charge in [-0.15, -0.1) is 0 Å². The zero-order valence-corrected chi connectivity index (χ0v) is 8.08. The third kappa shape index (κ3) is 1.58. The molecular weight excluding hydrogens is 174 g/mol. The average Bonchev–Trinajstić information content (AvgIpc) is 2.41. The Bertz CT molecular complexity index is 390. The van der Waals surface area contributed by atoms with Gasteiger partial charge in [0, 0.05) is 0 Å². The van der Waals surface area contributed by atoms with Crippen molar-refractivity contribution in [2.45, 2.75) is 32.1 Å². The van der Waals surface area contributed by atoms with Crippen LogP contribution < -0.4 is 0 Å². The van der Waals surface area contributed by atoms with Crippen LogP contribution in [0.25, 0.3) is 0 Å². The van der Waals surface area contributed by atoms with E-state index in [1.165, 1.54) is 30.4 Å². The molecule has 0 amide bonds. The molecule has 0 spiro atoms. The maximum Gasteiger partial charge on any atom is 0.133 e. The number of aryl methyl sites for hydroxylation is 2. The van der Waals surface area contributed by atoms with Crippen molar-refractivity contribution in [3.8, 4) is 11.8 Å². The molecule has 2 nitrogen and oxygen atoms in total. The SMILES string of the molecule is N#Cc1cc2c(cc1O)CCCCC2. The van der Waals surface area contributed by atoms with Crippen molar-refractivity contribution >= 4 is 0 Å². The van der Waals surface area contributed by atoms with E-state index in [-0.39, 0.29) is 5.75 Å². The first-order chi connectivity index (χ1) is 6.81. The number of hydrogen-bond acceptors (Lipinski definition) is 2. The van der Waals surface area contributed by atoms with Crippen LogP contribution in [0, 0.1) is 11.3 Å². The monoisotopic (exact) mass is 187 g/mol. The van der Waals surface area contributed by atoms with Crippen molar-refractivity contribution in [3.63, 3.8) is 0 Å². The minimum absolute atomic E-state index is 0.133. The van der Waals surface area contributed by atoms with Crippen LogP contribution in [0.1, 0.15) is 36.0 Å². The highest BCUT2D eigenvalue weighted by Crippen LogP contribution is 2.27. The van der Waals surface area contributed by atoms with Gasteiger partial charge in [0.15, 0.2) is 0 Å². The number of nitriles is 1. The first-order valence-electron chi connectivity index (χ1n) is 5.06. The number of rotatable bonds is 0. The van der Waals surface area contributed by atoms with Gasteiger partial charge in [0.1, 0.15) is 11.8 Å². The Balaban J connectivity index is 2.47. The minimum Gasteiger partial charge on any atom is -0.507 e. The summed E-state index contributed by atoms with van der Waals surface area (Å²) in [7, 11) is 0. The second-order valence-electron chi connectivity index (χ2n) is 3.81. The molecule has 0 saturated heterocycles. The summed E-state index contributed by atoms with van der Waals surface area (Å²) >= 11 is 0. The number of nitrogens with zero attached hydrogens (tertiary/aromatic N) is 1. The van der Waals surface area contributed by atoms with Crippen LogP contribution in [0.15, 0.2) is 12.1 Å². The Kier molecular flexibility index (Phi) is 2.41. The van der Waals surface area contributed by atoms with E-state index in [9.17, 15) is 5.11 Å². The molecule has 0 heterocycles. The van der Waals surface area contributed by atoms with Crippen molar-refractivity contribution in [2.24, 2.45) is 0 Å². The Hall–Kier alpha value is -1.49. The topological polar surface area (TPSA) is 44.0 Å². The first kappa shape index (κ1) is 9.08. The fraction of sp³-hybridized carbons (Fsp3) is 0.417. The van der Waals surface area contributed by atoms with Gasteiger partial charge in [0.25, 0.3) is 0 Å². The molecule has 0 saturated carbocycles. The van der Waals surface area contributed by atoms with Crippen molar-refractivity contribution in [3.05, 3.63) is 28.8 Å². The van der Waals surface area contributed by atoms with E-state index in [1.54, 1.807) is 6.07 Å². The highest BCUT2D eigenvalue weighted by molar-refractivity contribution is 5.48. The van der Waals surface area contributed by atoms with Crippen LogP contribution >= 0.6 is 0 Å². The summed E-state index contributed by atoms with van der Waals surface area (Å²) in [5.41, 5.74) is 2.88. The predicted molar refractivity (Wildman–Crippen MR) is 54.1 cm³/mol. The Morgan fingerprint density at radius 1 is 1.07 bits per heavy atom. The normalized spacial score (nSPS) is 15.4. The number of hydrogen-bond donors (Lipinski definition) is 1. The van der Waals surface area contributed by atoms with E-state index in [4.69, 9.17) is 5.26 Å². The first-order valence-corrected chi connectivity index (χ1v) is 5.06. The van der Waals surface area contributed by atoms with Crippen molar-refractivity contribution < 1.29 is 5.11 Å². The summed E-state index contributed by atoms with van der Waals surface area (Å²) < 4.78 is 0. The average molecular weight is 187 g/mol. The summed E-state index contributed by atoms with van der Waals surface area (Å²) in [5, 5.41) is 18.3. The lowest BCUT2D eigenvalue weighted by Gasteiger charge is -2.06. The number of phenolic OH excluding ortho intramolecular Hbond substituents is 1. The third-order valence-corrected chi connectivity index (χ3v) is 2.83. The molecule has 1 aromatic carbocycles. The van der Waals surface area contributed by atoms with E-state index in [0.29, 0.717) is 5.56 Å². The lowest BCUT2D eigenvalue weighted by molar-refractivity contribution is 0.472. The van der Waals surface area contributed by atoms with E-state index < -0.39 is 0 Å². The Labute approximate surface area is 83.8 Å². The van der Waals surface area contributed by atoms with E-state index >= 15 is 0 Å². The molecule has 0 bridgehead atoms. The molecule has 0 aliphatic heterocycles. The summed E-state index contributed by atoms with van der Waals surface area (Å²) in [5.74, 6) is 0.133. The second kappa shape index (κ2) is 3.71. The predicted octanol–water partition coefficient (Wildman–Crippen LogP) is 2.53. The zero-order chi connectivity index (χ0) is 9.97. The molecule has 14 heavy (non-hydrogen) atoms. The fourth-order valence-electron chi connectivity index (χ4n) is 2.04. The molecular formula is C12H13NO. The minimum atomic E-state index is 0.133. The van der Waals surface area contributed by atoms with Gasteiger partial charge in [0.2, 0.25) is 0 Å². The van der Waals surface area contributed by atoms with Crippen LogP contribution in [0.4, 0.5) is 0 Å². The van der Waals surface area contributed by atoms with Crippen LogP contribution in [0.2, 0.25) is 0 Å². The molecule has 0 unspecified atom stereocenters. The molecule has 0 fully saturated rings. The molecule has 2 heteroatoms. The van der Waals surface area contributed by atoms with Crippen molar-refractivity contribution in [1.29, 1.82) is 5.26 Å². The summed E-state index contributed by atoms with van der Waals surface area (Å²) in [6, 6.07) is 5.62. The Morgan fingerprint density at radius 2 is 1.71 bits per heavy atom. The van der Waals surface area contributed by atoms with Crippen LogP contribution in [-0.4, -0.2) is 5.11 Å². The molecule has 0 radical (unpaired) electrons. The molecule has 1 aromatic rings. The van der Waals surface area contributed by atoms with Gasteiger partial charge in [-0.05, 0) is 48.9 Å². The number of benzene rings is 1. The summed E-state index contributed by atoms with van der Waals surface area (Å²) in [6.07, 6.45) is 5.72. The molecule has 1 aliphatic carbocycles. The molecule has 1 N–H and O–H groups in total. The van der Waals surface area contributed by atoms with Crippen molar-refractivity contribution in [2.75, 3.05) is 0 Å². The molecule has 72 valence electrons. The van der Waals surface area contributed by atoms with Crippen LogP contribution in [0.5, 0.6) is 5.75 Å². The Morgan fingerprint density at radius 3 is 2.36 bits per heavy atom. The lowest BCUT2D eigenvalue weighted by atomic mass is 10.00. The zero-order valence-electron chi connectivity index (χ0n) is 8.08. The highest BCUT2D eigenvalue weighted by atomic mass is 16.3. The van der Waals surface area contributed by atoms with Gasteiger partial charge in [-0.2, -0.15) is 5.26 Å². The number of phenols is 1. The largest absolute Gasteiger partial charge is 0.507 e. The van der Waals surface area contributed by atoms with Gasteiger partial charge in [-0.25, -0.2) is 0 Å². The van der Waals surface area contributed by atoms with Crippen molar-refractivity contribution in [1.82, 2.24) is 0 Å².